The number of terminal acetylenes is 1. The Balaban J connectivity index is 3.55. The van der Waals surface area contributed by atoms with E-state index < -0.39 is 6.10 Å². The Hall–Kier alpha value is -0.920. The maximum Gasteiger partial charge on any atom is 0.115 e. The molecule has 42 valence electrons. The average Bonchev–Trinajstić information content (AvgIpc) is 1.83. The van der Waals surface area contributed by atoms with Gasteiger partial charge in [-0.15, -0.1) is 6.42 Å². The van der Waals surface area contributed by atoms with Gasteiger partial charge < -0.3 is 5.11 Å². The minimum atomic E-state index is -0.550. The van der Waals surface area contributed by atoms with Gasteiger partial charge in [0, 0.05) is 0 Å². The molecule has 1 atom stereocenters. The van der Waals surface area contributed by atoms with Crippen LogP contribution in [0.3, 0.4) is 0 Å². The van der Waals surface area contributed by atoms with Crippen LogP contribution in [0.25, 0.3) is 0 Å². The highest BCUT2D eigenvalue weighted by Gasteiger charge is 1.88. The van der Waals surface area contributed by atoms with E-state index in [1.807, 2.05) is 6.92 Å². The molecule has 0 aliphatic rings. The third-order valence-electron chi connectivity index (χ3n) is 0.698. The highest BCUT2D eigenvalue weighted by molar-refractivity contribution is 5.23. The summed E-state index contributed by atoms with van der Waals surface area (Å²) < 4.78 is 0. The zero-order valence-electron chi connectivity index (χ0n) is 4.81. The monoisotopic (exact) mass is 108 g/mol. The Kier molecular flexibility index (Phi) is 3.76. The minimum absolute atomic E-state index is 0.550. The van der Waals surface area contributed by atoms with Gasteiger partial charge in [-0.05, 0) is 18.3 Å². The van der Waals surface area contributed by atoms with E-state index in [0.29, 0.717) is 6.42 Å². The zero-order chi connectivity index (χ0) is 6.41. The molecule has 1 N–H and O–H groups in total. The maximum absolute atomic E-state index is 8.72. The van der Waals surface area contributed by atoms with Crippen LogP contribution in [0.4, 0.5) is 0 Å². The van der Waals surface area contributed by atoms with Crippen molar-refractivity contribution >= 4 is 0 Å². The Morgan fingerprint density at radius 2 is 2.38 bits per heavy atom. The largest absolute Gasteiger partial charge is 0.380 e. The number of aliphatic hydroxyl groups excluding tert-OH is 1. The fourth-order valence-corrected chi connectivity index (χ4v) is 0.227. The second-order valence-electron chi connectivity index (χ2n) is 1.34. The molecule has 0 saturated carbocycles. The van der Waals surface area contributed by atoms with Gasteiger partial charge in [0.1, 0.15) is 6.10 Å². The number of hydrogen-bond donors (Lipinski definition) is 1. The topological polar surface area (TPSA) is 20.2 Å². The fourth-order valence-electron chi connectivity index (χ4n) is 0.227. The quantitative estimate of drug-likeness (QED) is 0.482. The molecule has 0 aromatic rings. The van der Waals surface area contributed by atoms with Crippen molar-refractivity contribution in [2.24, 2.45) is 0 Å². The molecule has 1 heteroatoms. The van der Waals surface area contributed by atoms with E-state index in [2.05, 4.69) is 17.8 Å². The van der Waals surface area contributed by atoms with Gasteiger partial charge in [0.2, 0.25) is 0 Å². The number of hydrogen-bond acceptors (Lipinski definition) is 1. The summed E-state index contributed by atoms with van der Waals surface area (Å²) >= 11 is 0. The molecule has 0 saturated heterocycles. The van der Waals surface area contributed by atoms with Crippen LogP contribution < -0.4 is 0 Å². The molecule has 0 rings (SSSR count). The molecule has 1 nitrogen and oxygen atoms in total. The van der Waals surface area contributed by atoms with Crippen molar-refractivity contribution in [2.75, 3.05) is 0 Å². The first-order chi connectivity index (χ1) is 3.81. The summed E-state index contributed by atoms with van der Waals surface area (Å²) in [4.78, 5) is 0. The third kappa shape index (κ3) is 3.28. The van der Waals surface area contributed by atoms with E-state index in [1.54, 1.807) is 0 Å². The van der Waals surface area contributed by atoms with Gasteiger partial charge in [-0.2, -0.15) is 0 Å². The van der Waals surface area contributed by atoms with Gasteiger partial charge in [-0.1, -0.05) is 12.8 Å². The second-order valence-corrected chi connectivity index (χ2v) is 1.34. The van der Waals surface area contributed by atoms with Crippen LogP contribution in [0, 0.1) is 24.2 Å². The van der Waals surface area contributed by atoms with Crippen molar-refractivity contribution < 1.29 is 5.11 Å². The van der Waals surface area contributed by atoms with Crippen molar-refractivity contribution in [1.29, 1.82) is 0 Å². The molecule has 0 aliphatic carbocycles. The van der Waals surface area contributed by atoms with Gasteiger partial charge in [-0.3, -0.25) is 0 Å². The van der Waals surface area contributed by atoms with E-state index in [-0.39, 0.29) is 0 Å². The second kappa shape index (κ2) is 4.24. The molecule has 8 heavy (non-hydrogen) atoms. The molecule has 0 heterocycles. The molecule has 0 aromatic heterocycles. The Labute approximate surface area is 49.7 Å². The van der Waals surface area contributed by atoms with Crippen LogP contribution in [-0.2, 0) is 0 Å². The van der Waals surface area contributed by atoms with Crippen LogP contribution in [-0.4, -0.2) is 11.2 Å². The fraction of sp³-hybridized carbons (Fsp3) is 0.429. The molecule has 0 radical (unpaired) electrons. The lowest BCUT2D eigenvalue weighted by atomic mass is 10.3. The van der Waals surface area contributed by atoms with Crippen molar-refractivity contribution in [3.8, 4) is 24.2 Å². The van der Waals surface area contributed by atoms with E-state index in [1.165, 1.54) is 0 Å². The predicted octanol–water partition coefficient (Wildman–Crippen LogP) is 0.394. The number of aliphatic hydroxyl groups is 1. The molecule has 0 aromatic carbocycles. The van der Waals surface area contributed by atoms with Crippen molar-refractivity contribution in [3.63, 3.8) is 0 Å². The summed E-state index contributed by atoms with van der Waals surface area (Å²) in [5, 5.41) is 8.72. The molecule has 0 amide bonds. The van der Waals surface area contributed by atoms with Crippen molar-refractivity contribution in [1.82, 2.24) is 0 Å². The highest BCUT2D eigenvalue weighted by Crippen LogP contribution is 1.83. The lowest BCUT2D eigenvalue weighted by Crippen LogP contribution is -1.98. The standard InChI is InChI=1S/C7H8O/c1-3-5-6-7(8)4-2/h1,7-8H,4H2,2H3. The van der Waals surface area contributed by atoms with Crippen molar-refractivity contribution in [3.05, 3.63) is 0 Å². The predicted molar refractivity (Wildman–Crippen MR) is 32.9 cm³/mol. The minimum Gasteiger partial charge on any atom is -0.380 e. The lowest BCUT2D eigenvalue weighted by molar-refractivity contribution is 0.228. The van der Waals surface area contributed by atoms with Gasteiger partial charge in [0.15, 0.2) is 0 Å². The van der Waals surface area contributed by atoms with E-state index in [4.69, 9.17) is 11.5 Å². The summed E-state index contributed by atoms with van der Waals surface area (Å²) in [6.45, 7) is 1.84. The van der Waals surface area contributed by atoms with Crippen LogP contribution >= 0.6 is 0 Å². The molecule has 0 fully saturated rings. The Morgan fingerprint density at radius 1 is 1.75 bits per heavy atom. The Morgan fingerprint density at radius 3 is 2.75 bits per heavy atom. The van der Waals surface area contributed by atoms with Crippen LogP contribution in [0.2, 0.25) is 0 Å². The Bertz CT molecular complexity index is 142. The van der Waals surface area contributed by atoms with E-state index >= 15 is 0 Å². The number of rotatable bonds is 1. The zero-order valence-corrected chi connectivity index (χ0v) is 4.81. The average molecular weight is 108 g/mol. The summed E-state index contributed by atoms with van der Waals surface area (Å²) in [5.74, 6) is 6.89. The van der Waals surface area contributed by atoms with Gasteiger partial charge in [-0.25, -0.2) is 0 Å². The first-order valence-corrected chi connectivity index (χ1v) is 2.45. The normalized spacial score (nSPS) is 10.6. The summed E-state index contributed by atoms with van der Waals surface area (Å²) in [5.41, 5.74) is 0. The van der Waals surface area contributed by atoms with E-state index in [9.17, 15) is 0 Å². The lowest BCUT2D eigenvalue weighted by Gasteiger charge is -1.91. The summed E-state index contributed by atoms with van der Waals surface area (Å²) in [6.07, 6.45) is 4.88. The van der Waals surface area contributed by atoms with Crippen LogP contribution in [0.5, 0.6) is 0 Å². The maximum atomic E-state index is 8.72. The van der Waals surface area contributed by atoms with Gasteiger partial charge in [0.05, 0.1) is 0 Å². The smallest absolute Gasteiger partial charge is 0.115 e. The van der Waals surface area contributed by atoms with Crippen molar-refractivity contribution in [2.45, 2.75) is 19.4 Å². The van der Waals surface area contributed by atoms with Crippen LogP contribution in [0.1, 0.15) is 13.3 Å². The molecule has 0 aliphatic heterocycles. The third-order valence-corrected chi connectivity index (χ3v) is 0.698. The first-order valence-electron chi connectivity index (χ1n) is 2.45. The van der Waals surface area contributed by atoms with Gasteiger partial charge >= 0.3 is 0 Å². The van der Waals surface area contributed by atoms with Gasteiger partial charge in [0.25, 0.3) is 0 Å². The first kappa shape index (κ1) is 7.08. The molecule has 0 spiro atoms. The molecular weight excluding hydrogens is 100 g/mol. The van der Waals surface area contributed by atoms with Crippen LogP contribution in [0.15, 0.2) is 0 Å². The molecule has 0 bridgehead atoms. The SMILES string of the molecule is C#CC#CC(O)CC. The summed E-state index contributed by atoms with van der Waals surface area (Å²) in [7, 11) is 0. The highest BCUT2D eigenvalue weighted by atomic mass is 16.3. The molecule has 1 unspecified atom stereocenters. The summed E-state index contributed by atoms with van der Waals surface area (Å²) in [6, 6.07) is 0. The van der Waals surface area contributed by atoms with E-state index in [0.717, 1.165) is 0 Å². The molecular formula is C7H8O.